The fourth-order valence-corrected chi connectivity index (χ4v) is 3.96. The van der Waals surface area contributed by atoms with Gasteiger partial charge in [-0.25, -0.2) is 19.3 Å². The molecule has 0 amide bonds. The minimum atomic E-state index is -4.54. The van der Waals surface area contributed by atoms with Crippen molar-refractivity contribution in [3.63, 3.8) is 0 Å². The van der Waals surface area contributed by atoms with E-state index in [9.17, 15) is 13.2 Å². The Morgan fingerprint density at radius 1 is 1.26 bits per heavy atom. The highest BCUT2D eigenvalue weighted by atomic mass is 19.4. The van der Waals surface area contributed by atoms with Crippen LogP contribution in [0.15, 0.2) is 18.6 Å². The molecule has 12 heteroatoms. The van der Waals surface area contributed by atoms with Crippen LogP contribution >= 0.6 is 0 Å². The summed E-state index contributed by atoms with van der Waals surface area (Å²) in [6.45, 7) is 4.87. The van der Waals surface area contributed by atoms with Crippen LogP contribution in [0.1, 0.15) is 56.2 Å². The third-order valence-electron chi connectivity index (χ3n) is 5.80. The monoisotopic (exact) mass is 433 g/mol. The molecule has 3 aromatic rings. The second-order valence-electron chi connectivity index (χ2n) is 8.09. The van der Waals surface area contributed by atoms with E-state index >= 15 is 0 Å². The van der Waals surface area contributed by atoms with E-state index in [4.69, 9.17) is 5.10 Å². The number of halogens is 3. The molecule has 2 N–H and O–H groups in total. The maximum Gasteiger partial charge on any atom is 0.421 e. The minimum Gasteiger partial charge on any atom is -0.370 e. The van der Waals surface area contributed by atoms with Crippen molar-refractivity contribution < 1.29 is 13.2 Å². The molecule has 0 radical (unpaired) electrons. The van der Waals surface area contributed by atoms with Gasteiger partial charge in [-0.3, -0.25) is 0 Å². The third-order valence-corrected chi connectivity index (χ3v) is 5.80. The first-order valence-corrected chi connectivity index (χ1v) is 10.2. The Bertz CT molecular complexity index is 1120. The smallest absolute Gasteiger partial charge is 0.370 e. The predicted octanol–water partition coefficient (Wildman–Crippen LogP) is 3.50. The average Bonchev–Trinajstić information content (AvgIpc) is 3.15. The van der Waals surface area contributed by atoms with E-state index in [1.54, 1.807) is 13.3 Å². The van der Waals surface area contributed by atoms with Gasteiger partial charge in [0.1, 0.15) is 29.4 Å². The summed E-state index contributed by atoms with van der Waals surface area (Å²) in [6.07, 6.45) is 0.630. The molecule has 4 heterocycles. The van der Waals surface area contributed by atoms with Crippen LogP contribution in [0, 0.1) is 0 Å². The molecule has 0 unspecified atom stereocenters. The number of rotatable bonds is 6. The molecular formula is C19H22F3N9. The van der Waals surface area contributed by atoms with E-state index in [1.165, 1.54) is 0 Å². The molecule has 0 bridgehead atoms. The summed E-state index contributed by atoms with van der Waals surface area (Å²) in [5, 5.41) is 14.8. The lowest BCUT2D eigenvalue weighted by molar-refractivity contribution is -0.137. The van der Waals surface area contributed by atoms with Crippen LogP contribution in [0.2, 0.25) is 0 Å². The van der Waals surface area contributed by atoms with E-state index in [0.29, 0.717) is 12.4 Å². The van der Waals surface area contributed by atoms with Gasteiger partial charge in [-0.2, -0.15) is 28.4 Å². The largest absolute Gasteiger partial charge is 0.421 e. The molecule has 31 heavy (non-hydrogen) atoms. The van der Waals surface area contributed by atoms with E-state index in [2.05, 4.69) is 37.6 Å². The highest BCUT2D eigenvalue weighted by Crippen LogP contribution is 2.43. The van der Waals surface area contributed by atoms with Gasteiger partial charge >= 0.3 is 6.18 Å². The van der Waals surface area contributed by atoms with Crippen molar-refractivity contribution in [2.24, 2.45) is 0 Å². The van der Waals surface area contributed by atoms with Crippen LogP contribution in [0.25, 0.3) is 0 Å². The summed E-state index contributed by atoms with van der Waals surface area (Å²) in [5.41, 5.74) is -0.440. The van der Waals surface area contributed by atoms with Gasteiger partial charge in [0.05, 0.1) is 17.2 Å². The predicted molar refractivity (Wildman–Crippen MR) is 106 cm³/mol. The van der Waals surface area contributed by atoms with Crippen LogP contribution < -0.4 is 10.6 Å². The summed E-state index contributed by atoms with van der Waals surface area (Å²) in [7, 11) is 0. The topological polar surface area (TPSA) is 98.4 Å². The number of aromatic nitrogens is 7. The molecule has 1 aliphatic carbocycles. The maximum atomic E-state index is 13.3. The summed E-state index contributed by atoms with van der Waals surface area (Å²) in [6, 6.07) is 2.16. The Labute approximate surface area is 176 Å². The van der Waals surface area contributed by atoms with Crippen molar-refractivity contribution in [2.75, 3.05) is 17.2 Å². The normalized spacial score (nSPS) is 20.7. The first kappa shape index (κ1) is 19.8. The quantitative estimate of drug-likeness (QED) is 0.614. The molecule has 5 rings (SSSR count). The average molecular weight is 433 g/mol. The lowest BCUT2D eigenvalue weighted by atomic mass is 9.85. The number of nitrogens with zero attached hydrogens (tertiary/aromatic N) is 7. The number of alkyl halides is 3. The van der Waals surface area contributed by atoms with Crippen LogP contribution in [0.4, 0.5) is 30.8 Å². The first-order chi connectivity index (χ1) is 14.8. The zero-order valence-electron chi connectivity index (χ0n) is 17.1. The zero-order chi connectivity index (χ0) is 21.8. The van der Waals surface area contributed by atoms with Gasteiger partial charge in [-0.1, -0.05) is 0 Å². The van der Waals surface area contributed by atoms with Crippen molar-refractivity contribution in [2.45, 2.75) is 57.3 Å². The molecule has 1 fully saturated rings. The lowest BCUT2D eigenvalue weighted by Gasteiger charge is -2.18. The van der Waals surface area contributed by atoms with Crippen molar-refractivity contribution in [1.82, 2.24) is 34.5 Å². The first-order valence-electron chi connectivity index (χ1n) is 10.2. The standard InChI is InChI=1S/C19H22F3N9/c1-3-23-15-12(19(20,21)22)9-24-17(28-15)27-14-8-13(29-31(14)11-4-5-11)18(2)6-7-30-16(18)25-10-26-30/h8-11H,3-7H2,1-2H3,(H2,23,24,27,28)/t18-/m0/s1. The van der Waals surface area contributed by atoms with Crippen molar-refractivity contribution in [3.05, 3.63) is 35.7 Å². The number of hydrogen-bond acceptors (Lipinski definition) is 7. The highest BCUT2D eigenvalue weighted by molar-refractivity contribution is 5.55. The molecule has 164 valence electrons. The second-order valence-corrected chi connectivity index (χ2v) is 8.09. The molecular weight excluding hydrogens is 411 g/mol. The van der Waals surface area contributed by atoms with Gasteiger partial charge in [-0.05, 0) is 33.1 Å². The molecule has 0 aromatic carbocycles. The summed E-state index contributed by atoms with van der Waals surface area (Å²) >= 11 is 0. The third kappa shape index (κ3) is 3.39. The highest BCUT2D eigenvalue weighted by Gasteiger charge is 2.42. The van der Waals surface area contributed by atoms with Crippen LogP contribution in [-0.2, 0) is 18.1 Å². The number of fused-ring (bicyclic) bond motifs is 1. The van der Waals surface area contributed by atoms with Crippen LogP contribution in [0.3, 0.4) is 0 Å². The van der Waals surface area contributed by atoms with Crippen molar-refractivity contribution in [3.8, 4) is 0 Å². The van der Waals surface area contributed by atoms with E-state index < -0.39 is 11.7 Å². The van der Waals surface area contributed by atoms with E-state index in [0.717, 1.165) is 43.5 Å². The Kier molecular flexibility index (Phi) is 4.41. The molecule has 0 saturated heterocycles. The Morgan fingerprint density at radius 3 is 2.77 bits per heavy atom. The second kappa shape index (κ2) is 6.92. The van der Waals surface area contributed by atoms with Gasteiger partial charge in [0, 0.05) is 25.4 Å². The zero-order valence-corrected chi connectivity index (χ0v) is 17.1. The van der Waals surface area contributed by atoms with Crippen LogP contribution in [-0.4, -0.2) is 41.1 Å². The van der Waals surface area contributed by atoms with E-state index in [-0.39, 0.29) is 23.2 Å². The van der Waals surface area contributed by atoms with Gasteiger partial charge in [0.25, 0.3) is 0 Å². The number of nitrogens with one attached hydrogen (secondary N) is 2. The number of aryl methyl sites for hydroxylation is 1. The number of anilines is 3. The van der Waals surface area contributed by atoms with Crippen LogP contribution in [0.5, 0.6) is 0 Å². The summed E-state index contributed by atoms with van der Waals surface area (Å²) in [4.78, 5) is 12.4. The van der Waals surface area contributed by atoms with Crippen molar-refractivity contribution >= 4 is 17.6 Å². The number of hydrogen-bond donors (Lipinski definition) is 2. The van der Waals surface area contributed by atoms with Gasteiger partial charge in [0.15, 0.2) is 0 Å². The van der Waals surface area contributed by atoms with Crippen molar-refractivity contribution in [1.29, 1.82) is 0 Å². The Morgan fingerprint density at radius 2 is 2.06 bits per heavy atom. The Hall–Kier alpha value is -3.18. The van der Waals surface area contributed by atoms with Gasteiger partial charge in [-0.15, -0.1) is 0 Å². The van der Waals surface area contributed by atoms with Gasteiger partial charge < -0.3 is 10.6 Å². The SMILES string of the molecule is CCNc1nc(Nc2cc([C@]3(C)CCn4ncnc43)nn2C2CC2)ncc1C(F)(F)F. The van der Waals surface area contributed by atoms with Gasteiger partial charge in [0.2, 0.25) is 5.95 Å². The molecule has 3 aromatic heterocycles. The Balaban J connectivity index is 1.50. The molecule has 9 nitrogen and oxygen atoms in total. The summed E-state index contributed by atoms with van der Waals surface area (Å²) in [5.74, 6) is 1.34. The molecule has 1 saturated carbocycles. The molecule has 0 spiro atoms. The lowest BCUT2D eigenvalue weighted by Crippen LogP contribution is -2.22. The fourth-order valence-electron chi connectivity index (χ4n) is 3.96. The van der Waals surface area contributed by atoms with E-state index in [1.807, 2.05) is 15.4 Å². The molecule has 2 aliphatic rings. The molecule has 1 atom stereocenters. The fraction of sp³-hybridized carbons (Fsp3) is 0.526. The minimum absolute atomic E-state index is 0.0806. The molecule has 1 aliphatic heterocycles. The maximum absolute atomic E-state index is 13.3. The summed E-state index contributed by atoms with van der Waals surface area (Å²) < 4.78 is 43.5.